The molecule has 1 amide bonds. The Bertz CT molecular complexity index is 369. The lowest BCUT2D eigenvalue weighted by Crippen LogP contribution is -2.51. The van der Waals surface area contributed by atoms with E-state index in [0.29, 0.717) is 0 Å². The number of hydrogen-bond acceptors (Lipinski definition) is 7. The zero-order valence-corrected chi connectivity index (χ0v) is 10.5. The molecule has 0 rings (SSSR count). The number of carboxylic acids is 1. The van der Waals surface area contributed by atoms with Gasteiger partial charge in [0, 0.05) is 6.92 Å². The van der Waals surface area contributed by atoms with Gasteiger partial charge in [-0.25, -0.2) is 4.79 Å². The summed E-state index contributed by atoms with van der Waals surface area (Å²) >= 11 is 0. The first kappa shape index (κ1) is 16.8. The molecule has 2 atom stereocenters. The number of ether oxygens (including phenoxy) is 2. The highest BCUT2D eigenvalue weighted by molar-refractivity contribution is 5.89. The van der Waals surface area contributed by atoms with E-state index < -0.39 is 48.9 Å². The van der Waals surface area contributed by atoms with Crippen LogP contribution in [-0.4, -0.2) is 54.7 Å². The maximum Gasteiger partial charge on any atom is 0.331 e. The number of carboxylic acid groups (broad SMARTS) is 1. The van der Waals surface area contributed by atoms with Crippen molar-refractivity contribution in [3.05, 3.63) is 0 Å². The van der Waals surface area contributed by atoms with Crippen LogP contribution in [0.4, 0.5) is 0 Å². The van der Waals surface area contributed by atoms with Crippen molar-refractivity contribution in [2.45, 2.75) is 25.4 Å². The van der Waals surface area contributed by atoms with Gasteiger partial charge in [-0.2, -0.15) is 0 Å². The van der Waals surface area contributed by atoms with E-state index in [0.717, 1.165) is 14.0 Å². The number of carbonyl (C=O) groups is 4. The number of methoxy groups -OCH3 is 1. The van der Waals surface area contributed by atoms with Gasteiger partial charge in [0.15, 0.2) is 6.04 Å². The third kappa shape index (κ3) is 6.99. The SMILES string of the molecule is COC(=O)C(COC(C)=O)NC(=O)C(N)CC(=O)O. The molecule has 0 aliphatic carbocycles. The summed E-state index contributed by atoms with van der Waals surface area (Å²) in [6.07, 6.45) is -0.590. The van der Waals surface area contributed by atoms with E-state index in [1.807, 2.05) is 0 Å². The van der Waals surface area contributed by atoms with Crippen molar-refractivity contribution in [2.24, 2.45) is 5.73 Å². The van der Waals surface area contributed by atoms with E-state index in [9.17, 15) is 19.2 Å². The predicted octanol–water partition coefficient (Wildman–Crippen LogP) is -1.99. The van der Waals surface area contributed by atoms with E-state index in [4.69, 9.17) is 10.8 Å². The summed E-state index contributed by atoms with van der Waals surface area (Å²) < 4.78 is 8.98. The van der Waals surface area contributed by atoms with Crippen molar-refractivity contribution < 1.29 is 33.8 Å². The van der Waals surface area contributed by atoms with Gasteiger partial charge in [0.25, 0.3) is 0 Å². The highest BCUT2D eigenvalue weighted by Crippen LogP contribution is 1.95. The van der Waals surface area contributed by atoms with Crippen LogP contribution in [0.5, 0.6) is 0 Å². The van der Waals surface area contributed by atoms with Crippen molar-refractivity contribution >= 4 is 23.8 Å². The lowest BCUT2D eigenvalue weighted by molar-refractivity contribution is -0.151. The Balaban J connectivity index is 4.53. The number of rotatable bonds is 7. The molecule has 0 heterocycles. The van der Waals surface area contributed by atoms with E-state index in [2.05, 4.69) is 14.8 Å². The Morgan fingerprint density at radius 2 is 1.89 bits per heavy atom. The van der Waals surface area contributed by atoms with Crippen molar-refractivity contribution in [1.29, 1.82) is 0 Å². The highest BCUT2D eigenvalue weighted by atomic mass is 16.5. The van der Waals surface area contributed by atoms with E-state index in [-0.39, 0.29) is 0 Å². The molecule has 0 aliphatic heterocycles. The fourth-order valence-electron chi connectivity index (χ4n) is 1.07. The molecule has 9 nitrogen and oxygen atoms in total. The summed E-state index contributed by atoms with van der Waals surface area (Å²) in [4.78, 5) is 43.8. The smallest absolute Gasteiger partial charge is 0.331 e. The number of aliphatic carboxylic acids is 1. The maximum absolute atomic E-state index is 11.5. The van der Waals surface area contributed by atoms with Crippen molar-refractivity contribution in [3.8, 4) is 0 Å². The average molecular weight is 276 g/mol. The minimum Gasteiger partial charge on any atom is -0.481 e. The molecule has 0 saturated carbocycles. The van der Waals surface area contributed by atoms with Crippen LogP contribution in [0.1, 0.15) is 13.3 Å². The molecule has 0 saturated heterocycles. The van der Waals surface area contributed by atoms with Crippen molar-refractivity contribution in [3.63, 3.8) is 0 Å². The quantitative estimate of drug-likeness (QED) is 0.453. The van der Waals surface area contributed by atoms with E-state index >= 15 is 0 Å². The molecular weight excluding hydrogens is 260 g/mol. The molecule has 108 valence electrons. The number of amides is 1. The topological polar surface area (TPSA) is 145 Å². The van der Waals surface area contributed by atoms with Crippen LogP contribution in [0.2, 0.25) is 0 Å². The Morgan fingerprint density at radius 1 is 1.32 bits per heavy atom. The summed E-state index contributed by atoms with van der Waals surface area (Å²) in [7, 11) is 1.09. The molecule has 0 aliphatic rings. The first-order chi connectivity index (χ1) is 8.77. The highest BCUT2D eigenvalue weighted by Gasteiger charge is 2.26. The zero-order valence-electron chi connectivity index (χ0n) is 10.5. The number of carbonyl (C=O) groups excluding carboxylic acids is 3. The second-order valence-electron chi connectivity index (χ2n) is 3.59. The molecule has 0 aromatic carbocycles. The molecule has 19 heavy (non-hydrogen) atoms. The van der Waals surface area contributed by atoms with Crippen LogP contribution in [0.25, 0.3) is 0 Å². The van der Waals surface area contributed by atoms with Gasteiger partial charge in [-0.1, -0.05) is 0 Å². The van der Waals surface area contributed by atoms with Crippen LogP contribution in [0.15, 0.2) is 0 Å². The zero-order chi connectivity index (χ0) is 15.0. The Hall–Kier alpha value is -2.16. The molecule has 9 heteroatoms. The van der Waals surface area contributed by atoms with Crippen molar-refractivity contribution in [2.75, 3.05) is 13.7 Å². The molecule has 4 N–H and O–H groups in total. The van der Waals surface area contributed by atoms with Gasteiger partial charge in [0.2, 0.25) is 5.91 Å². The summed E-state index contributed by atoms with van der Waals surface area (Å²) in [5.41, 5.74) is 5.31. The molecule has 0 radical (unpaired) electrons. The van der Waals surface area contributed by atoms with Crippen molar-refractivity contribution in [1.82, 2.24) is 5.32 Å². The van der Waals surface area contributed by atoms with Crippen LogP contribution in [-0.2, 0) is 28.7 Å². The molecule has 0 aromatic heterocycles. The van der Waals surface area contributed by atoms with Gasteiger partial charge in [0.05, 0.1) is 19.6 Å². The van der Waals surface area contributed by atoms with Crippen LogP contribution in [0, 0.1) is 0 Å². The molecule has 0 spiro atoms. The molecule has 0 aromatic rings. The van der Waals surface area contributed by atoms with Gasteiger partial charge >= 0.3 is 17.9 Å². The second kappa shape index (κ2) is 8.03. The Kier molecular flexibility index (Phi) is 7.12. The lowest BCUT2D eigenvalue weighted by Gasteiger charge is -2.18. The third-order valence-electron chi connectivity index (χ3n) is 1.99. The number of hydrogen-bond donors (Lipinski definition) is 3. The largest absolute Gasteiger partial charge is 0.481 e. The molecular formula is C10H16N2O7. The fraction of sp³-hybridized carbons (Fsp3) is 0.600. The van der Waals surface area contributed by atoms with Crippen LogP contribution >= 0.6 is 0 Å². The first-order valence-electron chi connectivity index (χ1n) is 5.26. The van der Waals surface area contributed by atoms with Crippen LogP contribution < -0.4 is 11.1 Å². The molecule has 0 fully saturated rings. The standard InChI is InChI=1S/C10H16N2O7/c1-5(13)19-4-7(10(17)18-2)12-9(16)6(11)3-8(14)15/h6-7H,3-4,11H2,1-2H3,(H,12,16)(H,14,15). The van der Waals surface area contributed by atoms with E-state index in [1.165, 1.54) is 0 Å². The summed E-state index contributed by atoms with van der Waals surface area (Å²) in [5, 5.41) is 10.6. The van der Waals surface area contributed by atoms with Gasteiger partial charge in [0.1, 0.15) is 6.61 Å². The minimum absolute atomic E-state index is 0.423. The van der Waals surface area contributed by atoms with Gasteiger partial charge < -0.3 is 25.6 Å². The predicted molar refractivity (Wildman–Crippen MR) is 60.8 cm³/mol. The minimum atomic E-state index is -1.32. The maximum atomic E-state index is 11.5. The number of esters is 2. The number of nitrogens with two attached hydrogens (primary N) is 1. The van der Waals surface area contributed by atoms with Gasteiger partial charge in [-0.15, -0.1) is 0 Å². The number of nitrogens with one attached hydrogen (secondary N) is 1. The first-order valence-corrected chi connectivity index (χ1v) is 5.26. The summed E-state index contributed by atoms with van der Waals surface area (Å²) in [5.74, 6) is -3.59. The Morgan fingerprint density at radius 3 is 2.32 bits per heavy atom. The molecule has 2 unspecified atom stereocenters. The summed E-state index contributed by atoms with van der Waals surface area (Å²) in [6.45, 7) is 0.708. The molecule has 0 bridgehead atoms. The average Bonchev–Trinajstić information content (AvgIpc) is 2.31. The van der Waals surface area contributed by atoms with Gasteiger partial charge in [-0.05, 0) is 0 Å². The normalized spacial score (nSPS) is 13.0. The monoisotopic (exact) mass is 276 g/mol. The van der Waals surface area contributed by atoms with E-state index in [1.54, 1.807) is 0 Å². The van der Waals surface area contributed by atoms with Gasteiger partial charge in [-0.3, -0.25) is 14.4 Å². The fourth-order valence-corrected chi connectivity index (χ4v) is 1.07. The summed E-state index contributed by atoms with van der Waals surface area (Å²) in [6, 6.07) is -2.55. The lowest BCUT2D eigenvalue weighted by atomic mass is 10.2. The Labute approximate surface area is 109 Å². The third-order valence-corrected chi connectivity index (χ3v) is 1.99. The van der Waals surface area contributed by atoms with Crippen LogP contribution in [0.3, 0.4) is 0 Å². The second-order valence-corrected chi connectivity index (χ2v) is 3.59.